The molecule has 0 unspecified atom stereocenters. The molecule has 0 radical (unpaired) electrons. The standard InChI is InChI=1S/C13H21N3O3/c1-9-8-18-11(3)7-16(9)5-4-13(17)14-12-6-10(2)19-15-12/h6,9,11H,4-5,7-8H2,1-3H3,(H,14,15,17)/t9-,11-/m0/s1. The summed E-state index contributed by atoms with van der Waals surface area (Å²) in [6.45, 7) is 8.29. The Bertz CT molecular complexity index is 433. The number of hydrogen-bond acceptors (Lipinski definition) is 5. The van der Waals surface area contributed by atoms with Crippen molar-refractivity contribution in [1.82, 2.24) is 10.1 Å². The monoisotopic (exact) mass is 267 g/mol. The summed E-state index contributed by atoms with van der Waals surface area (Å²) in [4.78, 5) is 14.1. The Morgan fingerprint density at radius 2 is 2.37 bits per heavy atom. The molecule has 1 aliphatic rings. The van der Waals surface area contributed by atoms with Gasteiger partial charge >= 0.3 is 0 Å². The van der Waals surface area contributed by atoms with E-state index in [1.54, 1.807) is 13.0 Å². The maximum Gasteiger partial charge on any atom is 0.226 e. The van der Waals surface area contributed by atoms with Crippen molar-refractivity contribution in [3.63, 3.8) is 0 Å². The van der Waals surface area contributed by atoms with Crippen LogP contribution < -0.4 is 5.32 Å². The van der Waals surface area contributed by atoms with Crippen molar-refractivity contribution in [2.75, 3.05) is 25.0 Å². The van der Waals surface area contributed by atoms with Gasteiger partial charge in [-0.05, 0) is 20.8 Å². The first-order chi connectivity index (χ1) is 9.04. The van der Waals surface area contributed by atoms with Crippen LogP contribution in [0, 0.1) is 6.92 Å². The van der Waals surface area contributed by atoms with Gasteiger partial charge < -0.3 is 14.6 Å². The van der Waals surface area contributed by atoms with Crippen LogP contribution in [0.4, 0.5) is 5.82 Å². The summed E-state index contributed by atoms with van der Waals surface area (Å²) in [5.74, 6) is 1.12. The molecule has 1 saturated heterocycles. The third kappa shape index (κ3) is 4.04. The number of hydrogen-bond donors (Lipinski definition) is 1. The maximum absolute atomic E-state index is 11.8. The summed E-state index contributed by atoms with van der Waals surface area (Å²) >= 11 is 0. The molecule has 2 heterocycles. The van der Waals surface area contributed by atoms with Crippen LogP contribution >= 0.6 is 0 Å². The van der Waals surface area contributed by atoms with E-state index in [0.29, 0.717) is 24.0 Å². The highest BCUT2D eigenvalue weighted by molar-refractivity contribution is 5.89. The Labute approximate surface area is 113 Å². The molecule has 1 fully saturated rings. The third-order valence-corrected chi connectivity index (χ3v) is 3.26. The quantitative estimate of drug-likeness (QED) is 0.893. The number of carbonyl (C=O) groups is 1. The third-order valence-electron chi connectivity index (χ3n) is 3.26. The molecule has 1 aliphatic heterocycles. The number of morpholine rings is 1. The fourth-order valence-corrected chi connectivity index (χ4v) is 2.16. The fraction of sp³-hybridized carbons (Fsp3) is 0.692. The minimum atomic E-state index is -0.0420. The highest BCUT2D eigenvalue weighted by Crippen LogP contribution is 2.12. The molecule has 0 aromatic carbocycles. The van der Waals surface area contributed by atoms with E-state index in [1.807, 2.05) is 0 Å². The molecule has 0 aliphatic carbocycles. The number of carbonyl (C=O) groups excluding carboxylic acids is 1. The molecule has 0 bridgehead atoms. The van der Waals surface area contributed by atoms with E-state index in [1.165, 1.54) is 0 Å². The van der Waals surface area contributed by atoms with Crippen LogP contribution in [0.15, 0.2) is 10.6 Å². The average Bonchev–Trinajstić information content (AvgIpc) is 2.76. The molecule has 1 aromatic rings. The van der Waals surface area contributed by atoms with Gasteiger partial charge in [-0.3, -0.25) is 9.69 Å². The molecule has 6 nitrogen and oxygen atoms in total. The number of aromatic nitrogens is 1. The Balaban J connectivity index is 1.76. The minimum Gasteiger partial charge on any atom is -0.376 e. The van der Waals surface area contributed by atoms with Crippen LogP contribution in [-0.4, -0.2) is 47.8 Å². The zero-order valence-electron chi connectivity index (χ0n) is 11.7. The molecule has 6 heteroatoms. The zero-order chi connectivity index (χ0) is 13.8. The van der Waals surface area contributed by atoms with Gasteiger partial charge in [0, 0.05) is 31.6 Å². The molecule has 19 heavy (non-hydrogen) atoms. The van der Waals surface area contributed by atoms with E-state index >= 15 is 0 Å². The topological polar surface area (TPSA) is 67.6 Å². The normalized spacial score (nSPS) is 24.4. The molecule has 0 saturated carbocycles. The van der Waals surface area contributed by atoms with Crippen LogP contribution in [-0.2, 0) is 9.53 Å². The Morgan fingerprint density at radius 3 is 3.05 bits per heavy atom. The molecule has 1 amide bonds. The van der Waals surface area contributed by atoms with Gasteiger partial charge in [0.25, 0.3) is 0 Å². The van der Waals surface area contributed by atoms with Crippen molar-refractivity contribution >= 4 is 11.7 Å². The molecule has 2 atom stereocenters. The fourth-order valence-electron chi connectivity index (χ4n) is 2.16. The predicted molar refractivity (Wildman–Crippen MR) is 70.9 cm³/mol. The average molecular weight is 267 g/mol. The van der Waals surface area contributed by atoms with E-state index in [2.05, 4.69) is 29.2 Å². The smallest absolute Gasteiger partial charge is 0.226 e. The molecule has 2 rings (SSSR count). The summed E-state index contributed by atoms with van der Waals surface area (Å²) in [5, 5.41) is 6.46. The first-order valence-corrected chi connectivity index (χ1v) is 6.63. The minimum absolute atomic E-state index is 0.0420. The number of nitrogens with one attached hydrogen (secondary N) is 1. The predicted octanol–water partition coefficient (Wildman–Crippen LogP) is 1.42. The van der Waals surface area contributed by atoms with E-state index < -0.39 is 0 Å². The molecular formula is C13H21N3O3. The van der Waals surface area contributed by atoms with Crippen molar-refractivity contribution < 1.29 is 14.1 Å². The van der Waals surface area contributed by atoms with Crippen molar-refractivity contribution in [2.24, 2.45) is 0 Å². The van der Waals surface area contributed by atoms with Gasteiger partial charge in [-0.2, -0.15) is 0 Å². The second-order valence-corrected chi connectivity index (χ2v) is 5.11. The number of aryl methyl sites for hydroxylation is 1. The van der Waals surface area contributed by atoms with Gasteiger partial charge in [-0.15, -0.1) is 0 Å². The van der Waals surface area contributed by atoms with Crippen molar-refractivity contribution in [3.05, 3.63) is 11.8 Å². The Hall–Kier alpha value is -1.40. The summed E-state index contributed by atoms with van der Waals surface area (Å²) in [6, 6.07) is 2.07. The highest BCUT2D eigenvalue weighted by atomic mass is 16.5. The summed E-state index contributed by atoms with van der Waals surface area (Å²) < 4.78 is 10.5. The van der Waals surface area contributed by atoms with E-state index in [-0.39, 0.29) is 12.0 Å². The van der Waals surface area contributed by atoms with E-state index in [0.717, 1.165) is 19.7 Å². The number of ether oxygens (including phenoxy) is 1. The second kappa shape index (κ2) is 6.16. The lowest BCUT2D eigenvalue weighted by Gasteiger charge is -2.36. The van der Waals surface area contributed by atoms with Crippen LogP contribution in [0.1, 0.15) is 26.0 Å². The number of amides is 1. The van der Waals surface area contributed by atoms with Crippen LogP contribution in [0.25, 0.3) is 0 Å². The molecule has 106 valence electrons. The van der Waals surface area contributed by atoms with Gasteiger partial charge in [0.1, 0.15) is 5.76 Å². The lowest BCUT2D eigenvalue weighted by atomic mass is 10.2. The maximum atomic E-state index is 11.8. The van der Waals surface area contributed by atoms with Crippen LogP contribution in [0.3, 0.4) is 0 Å². The lowest BCUT2D eigenvalue weighted by Crippen LogP contribution is -2.48. The Kier molecular flexibility index (Phi) is 4.55. The summed E-state index contributed by atoms with van der Waals surface area (Å²) in [6.07, 6.45) is 0.681. The highest BCUT2D eigenvalue weighted by Gasteiger charge is 2.23. The largest absolute Gasteiger partial charge is 0.376 e. The molecular weight excluding hydrogens is 246 g/mol. The lowest BCUT2D eigenvalue weighted by molar-refractivity contribution is -0.117. The first kappa shape index (κ1) is 14.0. The van der Waals surface area contributed by atoms with Crippen molar-refractivity contribution in [2.45, 2.75) is 39.3 Å². The number of anilines is 1. The van der Waals surface area contributed by atoms with E-state index in [9.17, 15) is 4.79 Å². The van der Waals surface area contributed by atoms with E-state index in [4.69, 9.17) is 9.26 Å². The van der Waals surface area contributed by atoms with Gasteiger partial charge in [0.05, 0.1) is 12.7 Å². The Morgan fingerprint density at radius 1 is 1.58 bits per heavy atom. The van der Waals surface area contributed by atoms with Crippen LogP contribution in [0.5, 0.6) is 0 Å². The SMILES string of the molecule is Cc1cc(NC(=O)CCN2C[C@H](C)OC[C@@H]2C)no1. The van der Waals surface area contributed by atoms with Crippen molar-refractivity contribution in [1.29, 1.82) is 0 Å². The summed E-state index contributed by atoms with van der Waals surface area (Å²) in [5.41, 5.74) is 0. The second-order valence-electron chi connectivity index (χ2n) is 5.11. The summed E-state index contributed by atoms with van der Waals surface area (Å²) in [7, 11) is 0. The molecule has 1 N–H and O–H groups in total. The zero-order valence-corrected chi connectivity index (χ0v) is 11.7. The van der Waals surface area contributed by atoms with Gasteiger partial charge in [0.2, 0.25) is 5.91 Å². The first-order valence-electron chi connectivity index (χ1n) is 6.63. The van der Waals surface area contributed by atoms with Crippen molar-refractivity contribution in [3.8, 4) is 0 Å². The number of nitrogens with zero attached hydrogens (tertiary/aromatic N) is 2. The van der Waals surface area contributed by atoms with Gasteiger partial charge in [-0.25, -0.2) is 0 Å². The number of rotatable bonds is 4. The molecule has 0 spiro atoms. The van der Waals surface area contributed by atoms with Gasteiger partial charge in [0.15, 0.2) is 5.82 Å². The molecule has 1 aromatic heterocycles. The van der Waals surface area contributed by atoms with Crippen LogP contribution in [0.2, 0.25) is 0 Å². The van der Waals surface area contributed by atoms with Gasteiger partial charge in [-0.1, -0.05) is 5.16 Å².